The summed E-state index contributed by atoms with van der Waals surface area (Å²) in [4.78, 5) is 13.1. The van der Waals surface area contributed by atoms with Crippen LogP contribution >= 0.6 is 0 Å². The summed E-state index contributed by atoms with van der Waals surface area (Å²) < 4.78 is 27.2. The Morgan fingerprint density at radius 2 is 1.78 bits per heavy atom. The van der Waals surface area contributed by atoms with Gasteiger partial charge in [0, 0.05) is 17.2 Å². The third-order valence-electron chi connectivity index (χ3n) is 5.03. The van der Waals surface area contributed by atoms with Crippen LogP contribution in [0.5, 0.6) is 23.0 Å². The van der Waals surface area contributed by atoms with Crippen LogP contribution in [0.4, 0.5) is 5.82 Å². The molecule has 14 nitrogen and oxygen atoms in total. The maximum Gasteiger partial charge on any atom is 0.294 e. The van der Waals surface area contributed by atoms with Crippen LogP contribution in [0.1, 0.15) is 16.1 Å². The fourth-order valence-electron chi connectivity index (χ4n) is 3.32. The van der Waals surface area contributed by atoms with E-state index in [2.05, 4.69) is 35.8 Å². The summed E-state index contributed by atoms with van der Waals surface area (Å²) in [6.45, 7) is 0. The largest absolute Gasteiger partial charge is 0.497 e. The summed E-state index contributed by atoms with van der Waals surface area (Å²) in [6.07, 6.45) is 1.40. The third kappa shape index (κ3) is 4.59. The zero-order chi connectivity index (χ0) is 25.7. The molecule has 2 aromatic heterocycles. The molecule has 0 atom stereocenters. The summed E-state index contributed by atoms with van der Waals surface area (Å²) in [6, 6.07) is 10.3. The minimum absolute atomic E-state index is 0.0328. The number of hydrogen-bond acceptors (Lipinski definition) is 12. The van der Waals surface area contributed by atoms with Gasteiger partial charge in [-0.15, -0.1) is 5.10 Å². The highest BCUT2D eigenvalue weighted by atomic mass is 16.6. The first-order valence-corrected chi connectivity index (χ1v) is 10.3. The highest BCUT2D eigenvalue weighted by Crippen LogP contribution is 2.34. The molecule has 3 N–H and O–H groups in total. The van der Waals surface area contributed by atoms with E-state index in [4.69, 9.17) is 24.7 Å². The standard InChI is InChI=1S/C22H22N8O6/c1-32-14-7-5-6-12(8-14)19-18(25-29-30(19)21-20(23)27-36-28-21)22(31)26-24-11-13-9-16(34-3)17(35-4)10-15(13)33-2/h5-11H,1-4H3,(H2,23,27)(H,26,31). The van der Waals surface area contributed by atoms with Crippen LogP contribution in [0, 0.1) is 0 Å². The van der Waals surface area contributed by atoms with E-state index in [1.54, 1.807) is 36.4 Å². The lowest BCUT2D eigenvalue weighted by Gasteiger charge is -2.11. The average Bonchev–Trinajstić information content (AvgIpc) is 3.54. The van der Waals surface area contributed by atoms with E-state index in [0.29, 0.717) is 34.1 Å². The maximum atomic E-state index is 13.1. The second-order valence-corrected chi connectivity index (χ2v) is 7.05. The SMILES string of the molecule is COc1cccc(-c2c(C(=O)NN=Cc3cc(OC)c(OC)cc3OC)nnn2-c2nonc2N)c1. The number of nitrogens with one attached hydrogen (secondary N) is 1. The van der Waals surface area contributed by atoms with Crippen LogP contribution in [0.3, 0.4) is 0 Å². The first-order chi connectivity index (χ1) is 17.5. The molecular weight excluding hydrogens is 472 g/mol. The van der Waals surface area contributed by atoms with Gasteiger partial charge in [-0.05, 0) is 28.5 Å². The molecule has 2 heterocycles. The van der Waals surface area contributed by atoms with Gasteiger partial charge in [0.2, 0.25) is 11.6 Å². The number of benzene rings is 2. The molecule has 0 saturated heterocycles. The predicted octanol–water partition coefficient (Wildman–Crippen LogP) is 1.70. The number of carbonyl (C=O) groups excluding carboxylic acids is 1. The van der Waals surface area contributed by atoms with Crippen LogP contribution in [0.25, 0.3) is 17.1 Å². The van der Waals surface area contributed by atoms with Crippen LogP contribution in [0.2, 0.25) is 0 Å². The Kier molecular flexibility index (Phi) is 6.95. The second-order valence-electron chi connectivity index (χ2n) is 7.05. The fraction of sp³-hybridized carbons (Fsp3) is 0.182. The van der Waals surface area contributed by atoms with Crippen molar-refractivity contribution in [2.24, 2.45) is 5.10 Å². The van der Waals surface area contributed by atoms with Gasteiger partial charge in [-0.1, -0.05) is 17.3 Å². The Balaban J connectivity index is 1.69. The summed E-state index contributed by atoms with van der Waals surface area (Å²) >= 11 is 0. The molecule has 0 fully saturated rings. The molecule has 0 spiro atoms. The molecular formula is C22H22N8O6. The zero-order valence-corrected chi connectivity index (χ0v) is 19.8. The molecule has 36 heavy (non-hydrogen) atoms. The number of rotatable bonds is 9. The Hall–Kier alpha value is -5.14. The molecule has 0 radical (unpaired) electrons. The molecule has 4 aromatic rings. The van der Waals surface area contributed by atoms with Crippen molar-refractivity contribution < 1.29 is 28.4 Å². The molecule has 186 valence electrons. The van der Waals surface area contributed by atoms with Crippen LogP contribution in [-0.4, -0.2) is 65.9 Å². The van der Waals surface area contributed by atoms with Gasteiger partial charge >= 0.3 is 0 Å². The molecule has 1 amide bonds. The molecule has 0 aliphatic carbocycles. The maximum absolute atomic E-state index is 13.1. The number of anilines is 1. The van der Waals surface area contributed by atoms with Crippen molar-refractivity contribution in [3.8, 4) is 40.1 Å². The van der Waals surface area contributed by atoms with Crippen molar-refractivity contribution in [2.75, 3.05) is 34.2 Å². The molecule has 14 heteroatoms. The zero-order valence-electron chi connectivity index (χ0n) is 19.8. The minimum Gasteiger partial charge on any atom is -0.497 e. The van der Waals surface area contributed by atoms with E-state index in [1.165, 1.54) is 39.3 Å². The Morgan fingerprint density at radius 3 is 2.44 bits per heavy atom. The normalized spacial score (nSPS) is 10.9. The van der Waals surface area contributed by atoms with Gasteiger partial charge < -0.3 is 24.7 Å². The molecule has 4 rings (SSSR count). The smallest absolute Gasteiger partial charge is 0.294 e. The van der Waals surface area contributed by atoms with Gasteiger partial charge in [0.05, 0.1) is 34.7 Å². The number of hydrazone groups is 1. The topological polar surface area (TPSA) is 174 Å². The first kappa shape index (κ1) is 24.0. The summed E-state index contributed by atoms with van der Waals surface area (Å²) in [5, 5.41) is 19.4. The number of amides is 1. The highest BCUT2D eigenvalue weighted by Gasteiger charge is 2.25. The van der Waals surface area contributed by atoms with E-state index in [0.717, 1.165) is 0 Å². The summed E-state index contributed by atoms with van der Waals surface area (Å²) in [5.74, 6) is 1.35. The molecule has 0 bridgehead atoms. The number of nitrogen functional groups attached to an aromatic ring is 1. The molecule has 0 aliphatic rings. The molecule has 0 aliphatic heterocycles. The van der Waals surface area contributed by atoms with Crippen molar-refractivity contribution in [2.45, 2.75) is 0 Å². The fourth-order valence-corrected chi connectivity index (χ4v) is 3.32. The number of hydrogen-bond donors (Lipinski definition) is 2. The lowest BCUT2D eigenvalue weighted by molar-refractivity contribution is 0.0950. The van der Waals surface area contributed by atoms with Crippen molar-refractivity contribution in [1.29, 1.82) is 0 Å². The van der Waals surface area contributed by atoms with E-state index < -0.39 is 5.91 Å². The number of nitrogens with zero attached hydrogens (tertiary/aromatic N) is 6. The number of aromatic nitrogens is 5. The number of ether oxygens (including phenoxy) is 4. The van der Waals surface area contributed by atoms with Crippen molar-refractivity contribution in [1.82, 2.24) is 30.7 Å². The minimum atomic E-state index is -0.648. The molecule has 0 unspecified atom stereocenters. The van der Waals surface area contributed by atoms with Crippen molar-refractivity contribution in [3.63, 3.8) is 0 Å². The summed E-state index contributed by atoms with van der Waals surface area (Å²) in [5.41, 5.74) is 9.59. The van der Waals surface area contributed by atoms with Gasteiger partial charge in [-0.3, -0.25) is 4.79 Å². The van der Waals surface area contributed by atoms with Gasteiger partial charge in [0.15, 0.2) is 17.2 Å². The van der Waals surface area contributed by atoms with Crippen LogP contribution < -0.4 is 30.1 Å². The van der Waals surface area contributed by atoms with Crippen molar-refractivity contribution in [3.05, 3.63) is 47.7 Å². The molecule has 2 aromatic carbocycles. The Morgan fingerprint density at radius 1 is 1.03 bits per heavy atom. The van der Waals surface area contributed by atoms with Gasteiger partial charge in [-0.25, -0.2) is 10.1 Å². The van der Waals surface area contributed by atoms with Crippen LogP contribution in [-0.2, 0) is 0 Å². The Bertz CT molecular complexity index is 1410. The highest BCUT2D eigenvalue weighted by molar-refractivity contribution is 5.99. The van der Waals surface area contributed by atoms with E-state index in [-0.39, 0.29) is 23.0 Å². The lowest BCUT2D eigenvalue weighted by Crippen LogP contribution is -2.19. The molecule has 0 saturated carbocycles. The quantitative estimate of drug-likeness (QED) is 0.256. The Labute approximate surface area is 204 Å². The number of carbonyl (C=O) groups is 1. The van der Waals surface area contributed by atoms with Crippen molar-refractivity contribution >= 4 is 17.9 Å². The second kappa shape index (κ2) is 10.4. The summed E-state index contributed by atoms with van der Waals surface area (Å²) in [7, 11) is 6.05. The van der Waals surface area contributed by atoms with Gasteiger partial charge in [-0.2, -0.15) is 9.78 Å². The predicted molar refractivity (Wildman–Crippen MR) is 127 cm³/mol. The van der Waals surface area contributed by atoms with Gasteiger partial charge in [0.1, 0.15) is 17.2 Å². The van der Waals surface area contributed by atoms with Crippen LogP contribution in [0.15, 0.2) is 46.1 Å². The monoisotopic (exact) mass is 494 g/mol. The van der Waals surface area contributed by atoms with E-state index >= 15 is 0 Å². The lowest BCUT2D eigenvalue weighted by atomic mass is 10.1. The average molecular weight is 494 g/mol. The van der Waals surface area contributed by atoms with E-state index in [9.17, 15) is 4.79 Å². The third-order valence-corrected chi connectivity index (χ3v) is 5.03. The number of methoxy groups -OCH3 is 4. The van der Waals surface area contributed by atoms with Gasteiger partial charge in [0.25, 0.3) is 5.91 Å². The first-order valence-electron chi connectivity index (χ1n) is 10.3. The van der Waals surface area contributed by atoms with E-state index in [1.807, 2.05) is 0 Å². The number of nitrogens with two attached hydrogens (primary N) is 1.